The highest BCUT2D eigenvalue weighted by atomic mass is 35.5. The molecule has 0 spiro atoms. The molecule has 152 valence electrons. The maximum absolute atomic E-state index is 12.6. The van der Waals surface area contributed by atoms with Gasteiger partial charge in [-0.25, -0.2) is 4.98 Å². The van der Waals surface area contributed by atoms with Gasteiger partial charge in [0.15, 0.2) is 6.10 Å². The lowest BCUT2D eigenvalue weighted by Crippen LogP contribution is -2.30. The van der Waals surface area contributed by atoms with Gasteiger partial charge in [-0.3, -0.25) is 4.79 Å². The van der Waals surface area contributed by atoms with Crippen molar-refractivity contribution in [2.45, 2.75) is 13.0 Å². The number of carbonyl (C=O) groups is 1. The van der Waals surface area contributed by atoms with Crippen LogP contribution in [0.4, 0.5) is 5.69 Å². The topological polar surface area (TPSA) is 67.0 Å². The van der Waals surface area contributed by atoms with Gasteiger partial charge in [0, 0.05) is 16.3 Å². The Morgan fingerprint density at radius 1 is 1.03 bits per heavy atom. The van der Waals surface area contributed by atoms with Gasteiger partial charge in [0.1, 0.15) is 11.6 Å². The standard InChI is InChI=1S/C22H16Cl3N3O2/c1-12(30-20-9-6-13(23)10-17(20)25)22(29)26-14-7-8-16(24)15(11-14)21-27-18-4-2-3-5-19(18)28-21/h2-12H,1H3,(H,26,29)(H,27,28). The molecule has 0 radical (unpaired) electrons. The number of H-pyrrole nitrogens is 1. The Bertz CT molecular complexity index is 1210. The van der Waals surface area contributed by atoms with Crippen LogP contribution in [0.5, 0.6) is 5.75 Å². The fraction of sp³-hybridized carbons (Fsp3) is 0.0909. The van der Waals surface area contributed by atoms with Crippen molar-refractivity contribution in [2.75, 3.05) is 5.32 Å². The Morgan fingerprint density at radius 2 is 1.83 bits per heavy atom. The number of aromatic amines is 1. The number of aromatic nitrogens is 2. The molecule has 0 bridgehead atoms. The van der Waals surface area contributed by atoms with Crippen molar-refractivity contribution < 1.29 is 9.53 Å². The number of nitrogens with zero attached hydrogens (tertiary/aromatic N) is 1. The summed E-state index contributed by atoms with van der Waals surface area (Å²) in [5.41, 5.74) is 2.98. The van der Waals surface area contributed by atoms with Crippen molar-refractivity contribution in [2.24, 2.45) is 0 Å². The highest BCUT2D eigenvalue weighted by Gasteiger charge is 2.18. The molecule has 5 nitrogen and oxygen atoms in total. The number of anilines is 1. The number of amides is 1. The van der Waals surface area contributed by atoms with E-state index >= 15 is 0 Å². The van der Waals surface area contributed by atoms with Gasteiger partial charge in [0.2, 0.25) is 0 Å². The van der Waals surface area contributed by atoms with E-state index in [0.29, 0.717) is 37.9 Å². The third-order valence-electron chi connectivity index (χ3n) is 4.45. The highest BCUT2D eigenvalue weighted by Crippen LogP contribution is 2.31. The normalized spacial score (nSPS) is 12.0. The smallest absolute Gasteiger partial charge is 0.265 e. The molecule has 1 atom stereocenters. The molecular weight excluding hydrogens is 445 g/mol. The number of benzene rings is 3. The van der Waals surface area contributed by atoms with E-state index in [-0.39, 0.29) is 5.91 Å². The fourth-order valence-corrected chi connectivity index (χ4v) is 3.58. The molecule has 0 aliphatic heterocycles. The van der Waals surface area contributed by atoms with Crippen LogP contribution in [-0.2, 0) is 4.79 Å². The average molecular weight is 461 g/mol. The first kappa shape index (κ1) is 20.5. The second kappa shape index (κ2) is 8.56. The molecule has 0 saturated heterocycles. The van der Waals surface area contributed by atoms with Crippen molar-refractivity contribution in [1.82, 2.24) is 9.97 Å². The molecule has 8 heteroatoms. The van der Waals surface area contributed by atoms with Gasteiger partial charge in [0.25, 0.3) is 5.91 Å². The van der Waals surface area contributed by atoms with Crippen molar-refractivity contribution in [3.05, 3.63) is 75.7 Å². The minimum Gasteiger partial charge on any atom is -0.479 e. The van der Waals surface area contributed by atoms with Crippen LogP contribution in [0.15, 0.2) is 60.7 Å². The van der Waals surface area contributed by atoms with Crippen LogP contribution < -0.4 is 10.1 Å². The van der Waals surface area contributed by atoms with Crippen LogP contribution in [0.3, 0.4) is 0 Å². The van der Waals surface area contributed by atoms with Gasteiger partial charge in [0.05, 0.1) is 21.1 Å². The minimum atomic E-state index is -0.783. The van der Waals surface area contributed by atoms with Crippen LogP contribution in [-0.4, -0.2) is 22.0 Å². The number of fused-ring (bicyclic) bond motifs is 1. The summed E-state index contributed by atoms with van der Waals surface area (Å²) in [4.78, 5) is 20.4. The zero-order chi connectivity index (χ0) is 21.3. The number of carbonyl (C=O) groups excluding carboxylic acids is 1. The van der Waals surface area contributed by atoms with Gasteiger partial charge < -0.3 is 15.0 Å². The highest BCUT2D eigenvalue weighted by molar-refractivity contribution is 6.35. The number of hydrogen-bond acceptors (Lipinski definition) is 3. The molecule has 4 aromatic rings. The Balaban J connectivity index is 1.53. The lowest BCUT2D eigenvalue weighted by atomic mass is 10.2. The van der Waals surface area contributed by atoms with E-state index in [2.05, 4.69) is 15.3 Å². The first-order valence-electron chi connectivity index (χ1n) is 9.08. The molecule has 0 saturated carbocycles. The first-order valence-corrected chi connectivity index (χ1v) is 10.2. The summed E-state index contributed by atoms with van der Waals surface area (Å²) >= 11 is 18.4. The predicted octanol–water partition coefficient (Wildman–Crippen LogP) is 6.60. The van der Waals surface area contributed by atoms with Gasteiger partial charge in [-0.15, -0.1) is 0 Å². The van der Waals surface area contributed by atoms with Crippen molar-refractivity contribution in [3.8, 4) is 17.1 Å². The van der Waals surface area contributed by atoms with Gasteiger partial charge in [-0.1, -0.05) is 46.9 Å². The van der Waals surface area contributed by atoms with Crippen LogP contribution in [0.1, 0.15) is 6.92 Å². The molecule has 1 amide bonds. The van der Waals surface area contributed by atoms with Crippen molar-refractivity contribution >= 4 is 57.4 Å². The van der Waals surface area contributed by atoms with E-state index in [1.807, 2.05) is 24.3 Å². The Kier molecular flexibility index (Phi) is 5.86. The fourth-order valence-electron chi connectivity index (χ4n) is 2.92. The van der Waals surface area contributed by atoms with Crippen LogP contribution in [0.2, 0.25) is 15.1 Å². The number of hydrogen-bond donors (Lipinski definition) is 2. The van der Waals surface area contributed by atoms with E-state index < -0.39 is 6.10 Å². The number of rotatable bonds is 5. The maximum atomic E-state index is 12.6. The SMILES string of the molecule is CC(Oc1ccc(Cl)cc1Cl)C(=O)Nc1ccc(Cl)c(-c2nc3ccccc3[nH]2)c1. The number of imidazole rings is 1. The Morgan fingerprint density at radius 3 is 2.60 bits per heavy atom. The molecule has 1 unspecified atom stereocenters. The summed E-state index contributed by atoms with van der Waals surface area (Å²) in [6, 6.07) is 17.7. The van der Waals surface area contributed by atoms with Crippen LogP contribution in [0.25, 0.3) is 22.4 Å². The molecule has 0 aliphatic rings. The molecule has 1 heterocycles. The molecule has 3 aromatic carbocycles. The molecule has 1 aromatic heterocycles. The largest absolute Gasteiger partial charge is 0.479 e. The van der Waals surface area contributed by atoms with E-state index in [4.69, 9.17) is 39.5 Å². The summed E-state index contributed by atoms with van der Waals surface area (Å²) < 4.78 is 5.67. The maximum Gasteiger partial charge on any atom is 0.265 e. The number of nitrogens with one attached hydrogen (secondary N) is 2. The first-order chi connectivity index (χ1) is 14.4. The Hall–Kier alpha value is -2.73. The molecule has 2 N–H and O–H groups in total. The van der Waals surface area contributed by atoms with E-state index in [1.54, 1.807) is 43.3 Å². The van der Waals surface area contributed by atoms with Crippen LogP contribution in [0, 0.1) is 0 Å². The number of ether oxygens (including phenoxy) is 1. The Labute approximate surface area is 187 Å². The minimum absolute atomic E-state index is 0.334. The summed E-state index contributed by atoms with van der Waals surface area (Å²) in [6.07, 6.45) is -0.783. The molecule has 4 rings (SSSR count). The quantitative estimate of drug-likeness (QED) is 0.353. The number of halogens is 3. The average Bonchev–Trinajstić information content (AvgIpc) is 3.15. The lowest BCUT2D eigenvalue weighted by molar-refractivity contribution is -0.122. The van der Waals surface area contributed by atoms with E-state index in [1.165, 1.54) is 0 Å². The third-order valence-corrected chi connectivity index (χ3v) is 5.31. The second-order valence-corrected chi connectivity index (χ2v) is 7.87. The van der Waals surface area contributed by atoms with Gasteiger partial charge in [-0.2, -0.15) is 0 Å². The lowest BCUT2D eigenvalue weighted by Gasteiger charge is -2.16. The molecule has 30 heavy (non-hydrogen) atoms. The summed E-state index contributed by atoms with van der Waals surface area (Å²) in [5.74, 6) is 0.663. The third kappa shape index (κ3) is 4.38. The molecular formula is C22H16Cl3N3O2. The van der Waals surface area contributed by atoms with Gasteiger partial charge in [-0.05, 0) is 55.5 Å². The summed E-state index contributed by atoms with van der Waals surface area (Å²) in [6.45, 7) is 1.64. The summed E-state index contributed by atoms with van der Waals surface area (Å²) in [7, 11) is 0. The zero-order valence-corrected chi connectivity index (χ0v) is 18.0. The molecule has 0 fully saturated rings. The predicted molar refractivity (Wildman–Crippen MR) is 122 cm³/mol. The molecule has 0 aliphatic carbocycles. The summed E-state index contributed by atoms with van der Waals surface area (Å²) in [5, 5.41) is 4.17. The number of para-hydroxylation sites is 2. The van der Waals surface area contributed by atoms with E-state index in [9.17, 15) is 4.79 Å². The monoisotopic (exact) mass is 459 g/mol. The van der Waals surface area contributed by atoms with Gasteiger partial charge >= 0.3 is 0 Å². The second-order valence-electron chi connectivity index (χ2n) is 6.62. The zero-order valence-electron chi connectivity index (χ0n) is 15.7. The van der Waals surface area contributed by atoms with Crippen molar-refractivity contribution in [1.29, 1.82) is 0 Å². The van der Waals surface area contributed by atoms with Crippen molar-refractivity contribution in [3.63, 3.8) is 0 Å². The van der Waals surface area contributed by atoms with Crippen LogP contribution >= 0.6 is 34.8 Å². The van der Waals surface area contributed by atoms with E-state index in [0.717, 1.165) is 11.0 Å².